The zero-order valence-corrected chi connectivity index (χ0v) is 28.8. The number of hydrogen-bond donors (Lipinski definition) is 1. The molecule has 5 nitrogen and oxygen atoms in total. The Labute approximate surface area is 274 Å². The predicted octanol–water partition coefficient (Wildman–Crippen LogP) is 9.01. The molecule has 2 fully saturated rings. The van der Waals surface area contributed by atoms with Crippen LogP contribution in [0.25, 0.3) is 0 Å². The highest BCUT2D eigenvalue weighted by Gasteiger charge is 2.34. The van der Waals surface area contributed by atoms with E-state index >= 15 is 0 Å². The lowest BCUT2D eigenvalue weighted by molar-refractivity contribution is -0.143. The number of carboxylic acid groups (broad SMARTS) is 1. The summed E-state index contributed by atoms with van der Waals surface area (Å²) in [6, 6.07) is 11.3. The molecular weight excluding hydrogens is 594 g/mol. The first-order chi connectivity index (χ1) is 21.1. The second-order valence-electron chi connectivity index (χ2n) is 14.6. The van der Waals surface area contributed by atoms with Gasteiger partial charge in [-0.3, -0.25) is 9.69 Å². The summed E-state index contributed by atoms with van der Waals surface area (Å²) >= 11 is 6.47. The number of benzene rings is 2. The number of carboxylic acids is 1. The maximum absolute atomic E-state index is 13.4. The van der Waals surface area contributed by atoms with E-state index < -0.39 is 24.5 Å². The number of likely N-dealkylation sites (tertiary alicyclic amines) is 1. The topological polar surface area (TPSA) is 53.0 Å². The molecule has 2 aromatic carbocycles. The molecule has 2 aromatic rings. The first kappa shape index (κ1) is 35.8. The number of aliphatic carboxylic acids is 1. The molecule has 0 spiro atoms. The zero-order chi connectivity index (χ0) is 32.9. The Balaban J connectivity index is 1.50. The van der Waals surface area contributed by atoms with E-state index in [-0.39, 0.29) is 17.9 Å². The van der Waals surface area contributed by atoms with E-state index in [2.05, 4.69) is 50.8 Å². The molecule has 0 bridgehead atoms. The number of halogens is 3. The highest BCUT2D eigenvalue weighted by atomic mass is 35.5. The van der Waals surface area contributed by atoms with Crippen molar-refractivity contribution in [3.05, 3.63) is 69.2 Å². The molecule has 1 aliphatic carbocycles. The Morgan fingerprint density at radius 2 is 1.82 bits per heavy atom. The van der Waals surface area contributed by atoms with Crippen molar-refractivity contribution >= 4 is 17.6 Å². The molecule has 1 saturated carbocycles. The van der Waals surface area contributed by atoms with Crippen molar-refractivity contribution in [1.82, 2.24) is 9.80 Å². The molecule has 1 N–H and O–H groups in total. The minimum atomic E-state index is -2.84. The van der Waals surface area contributed by atoms with Crippen molar-refractivity contribution < 1.29 is 23.4 Å². The van der Waals surface area contributed by atoms with Gasteiger partial charge in [-0.15, -0.1) is 0 Å². The van der Waals surface area contributed by atoms with E-state index in [1.165, 1.54) is 17.5 Å². The van der Waals surface area contributed by atoms with Gasteiger partial charge in [0, 0.05) is 18.5 Å². The second-order valence-corrected chi connectivity index (χ2v) is 15.1. The minimum absolute atomic E-state index is 0.171. The van der Waals surface area contributed by atoms with Crippen molar-refractivity contribution in [2.24, 2.45) is 5.41 Å². The Morgan fingerprint density at radius 1 is 1.11 bits per heavy atom. The third kappa shape index (κ3) is 9.96. The van der Waals surface area contributed by atoms with Crippen LogP contribution in [0.2, 0.25) is 5.02 Å². The quantitative estimate of drug-likeness (QED) is 0.222. The highest BCUT2D eigenvalue weighted by molar-refractivity contribution is 6.30. The molecule has 45 heavy (non-hydrogen) atoms. The van der Waals surface area contributed by atoms with Crippen LogP contribution < -0.4 is 0 Å². The number of carbonyl (C=O) groups is 1. The molecule has 0 amide bonds. The summed E-state index contributed by atoms with van der Waals surface area (Å²) in [6.45, 7) is 13.0. The first-order valence-electron chi connectivity index (χ1n) is 16.6. The first-order valence-corrected chi connectivity index (χ1v) is 17.0. The van der Waals surface area contributed by atoms with Gasteiger partial charge in [-0.2, -0.15) is 0 Å². The van der Waals surface area contributed by atoms with Gasteiger partial charge in [0.1, 0.15) is 12.6 Å². The van der Waals surface area contributed by atoms with Crippen LogP contribution in [0.4, 0.5) is 8.78 Å². The van der Waals surface area contributed by atoms with Gasteiger partial charge >= 0.3 is 5.97 Å². The maximum Gasteiger partial charge on any atom is 0.325 e. The van der Waals surface area contributed by atoms with Crippen LogP contribution in [0.1, 0.15) is 111 Å². The average Bonchev–Trinajstić information content (AvgIpc) is 3.31. The predicted molar refractivity (Wildman–Crippen MR) is 179 cm³/mol. The normalized spacial score (nSPS) is 22.1. The Hall–Kier alpha value is -2.06. The molecule has 250 valence electrons. The van der Waals surface area contributed by atoms with Crippen molar-refractivity contribution in [2.45, 2.75) is 109 Å². The molecule has 1 saturated heterocycles. The van der Waals surface area contributed by atoms with E-state index in [1.54, 1.807) is 0 Å². The fourth-order valence-corrected chi connectivity index (χ4v) is 7.77. The van der Waals surface area contributed by atoms with Gasteiger partial charge in [0.2, 0.25) is 0 Å². The molecule has 2 aliphatic rings. The summed E-state index contributed by atoms with van der Waals surface area (Å²) < 4.78 is 32.2. The fourth-order valence-electron chi connectivity index (χ4n) is 7.59. The van der Waals surface area contributed by atoms with Crippen LogP contribution in [-0.2, 0) is 9.53 Å². The second kappa shape index (κ2) is 15.2. The van der Waals surface area contributed by atoms with Gasteiger partial charge in [-0.05, 0) is 143 Å². The molecular formula is C37H53ClF2N2O3. The monoisotopic (exact) mass is 646 g/mol. The van der Waals surface area contributed by atoms with Gasteiger partial charge in [-0.25, -0.2) is 8.78 Å². The number of aryl methyl sites for hydroxylation is 2. The van der Waals surface area contributed by atoms with Crippen LogP contribution >= 0.6 is 11.6 Å². The van der Waals surface area contributed by atoms with E-state index in [9.17, 15) is 18.7 Å². The molecule has 0 radical (unpaired) electrons. The summed E-state index contributed by atoms with van der Waals surface area (Å²) in [7, 11) is 1.92. The molecule has 1 unspecified atom stereocenters. The number of likely N-dealkylation sites (N-methyl/N-ethyl adjacent to an activating group) is 1. The Kier molecular flexibility index (Phi) is 12.1. The van der Waals surface area contributed by atoms with Crippen LogP contribution in [0.15, 0.2) is 36.4 Å². The number of ether oxygens (including phenoxy) is 1. The Morgan fingerprint density at radius 3 is 2.44 bits per heavy atom. The summed E-state index contributed by atoms with van der Waals surface area (Å²) in [4.78, 5) is 17.5. The largest absolute Gasteiger partial charge is 0.480 e. The van der Waals surface area contributed by atoms with Crippen LogP contribution in [0.5, 0.6) is 0 Å². The minimum Gasteiger partial charge on any atom is -0.480 e. The van der Waals surface area contributed by atoms with E-state index in [0.29, 0.717) is 24.8 Å². The summed E-state index contributed by atoms with van der Waals surface area (Å²) in [6.07, 6.45) is 5.80. The average molecular weight is 647 g/mol. The van der Waals surface area contributed by atoms with Crippen molar-refractivity contribution in [1.29, 1.82) is 0 Å². The van der Waals surface area contributed by atoms with Gasteiger partial charge in [-0.1, -0.05) is 49.7 Å². The molecule has 8 heteroatoms. The summed E-state index contributed by atoms with van der Waals surface area (Å²) in [5.41, 5.74) is 5.82. The zero-order valence-electron chi connectivity index (χ0n) is 28.1. The number of rotatable bonds is 14. The third-order valence-electron chi connectivity index (χ3n) is 10.0. The highest BCUT2D eigenvalue weighted by Crippen LogP contribution is 2.41. The molecule has 4 rings (SSSR count). The van der Waals surface area contributed by atoms with Crippen molar-refractivity contribution in [2.75, 3.05) is 39.8 Å². The lowest BCUT2D eigenvalue weighted by Gasteiger charge is -2.34. The lowest BCUT2D eigenvalue weighted by atomic mass is 9.77. The lowest BCUT2D eigenvalue weighted by Crippen LogP contribution is -2.34. The van der Waals surface area contributed by atoms with Crippen LogP contribution in [-0.4, -0.2) is 72.7 Å². The van der Waals surface area contributed by atoms with E-state index in [1.807, 2.05) is 30.1 Å². The Bertz CT molecular complexity index is 1290. The van der Waals surface area contributed by atoms with Gasteiger partial charge in [0.05, 0.1) is 6.10 Å². The fraction of sp³-hybridized carbons (Fsp3) is 0.649. The van der Waals surface area contributed by atoms with E-state index in [0.717, 1.165) is 74.0 Å². The molecule has 1 aliphatic heterocycles. The summed E-state index contributed by atoms with van der Waals surface area (Å²) in [5.74, 6) is -3.27. The molecule has 1 heterocycles. The van der Waals surface area contributed by atoms with Crippen LogP contribution in [0, 0.1) is 19.3 Å². The standard InChI is InChI=1S/C37H53ClF2N2O3/c1-25-10-13-29(38)22-32(25)27(17-20-42-21-18-36(3,4)23-42)16-19-41(6)34(35(43)44)31-9-7-8-26(2)33(31)28-11-14-30(15-12-28)45-24-37(5,39)40/h7-10,13,22,27-28,30,34H,11-12,14-21,23-24H2,1-6H3,(H,43,44)/t27-,28?,30?,34?/m1/s1. The van der Waals surface area contributed by atoms with Gasteiger partial charge < -0.3 is 14.7 Å². The van der Waals surface area contributed by atoms with Crippen molar-refractivity contribution in [3.8, 4) is 0 Å². The maximum atomic E-state index is 13.4. The van der Waals surface area contributed by atoms with Crippen LogP contribution in [0.3, 0.4) is 0 Å². The smallest absolute Gasteiger partial charge is 0.325 e. The van der Waals surface area contributed by atoms with E-state index in [4.69, 9.17) is 16.3 Å². The van der Waals surface area contributed by atoms with Gasteiger partial charge in [0.25, 0.3) is 5.92 Å². The molecule has 0 aromatic heterocycles. The number of alkyl halides is 2. The summed E-state index contributed by atoms with van der Waals surface area (Å²) in [5, 5.41) is 11.3. The van der Waals surface area contributed by atoms with Crippen molar-refractivity contribution in [3.63, 3.8) is 0 Å². The SMILES string of the molecule is Cc1ccc(Cl)cc1[C@@H](CCN1CCC(C)(C)C1)CCN(C)C(C(=O)O)c1cccc(C)c1C1CCC(OCC(C)(F)F)CC1. The number of hydrogen-bond acceptors (Lipinski definition) is 4. The molecule has 2 atom stereocenters. The van der Waals surface area contributed by atoms with Gasteiger partial charge in [0.15, 0.2) is 0 Å². The number of nitrogens with zero attached hydrogens (tertiary/aromatic N) is 2. The third-order valence-corrected chi connectivity index (χ3v) is 10.3.